The lowest BCUT2D eigenvalue weighted by molar-refractivity contribution is -0.594. The number of alkyl halides is 2. The quantitative estimate of drug-likeness (QED) is 0.212. The molecule has 0 saturated heterocycles. The van der Waals surface area contributed by atoms with Gasteiger partial charge in [-0.3, -0.25) is 4.79 Å². The Bertz CT molecular complexity index is 1520. The Labute approximate surface area is 219 Å². The van der Waals surface area contributed by atoms with Crippen LogP contribution in [-0.2, 0) is 5.92 Å². The Hall–Kier alpha value is -4.20. The predicted octanol–water partition coefficient (Wildman–Crippen LogP) is 6.67. The number of rotatable bonds is 7. The van der Waals surface area contributed by atoms with Gasteiger partial charge in [-0.2, -0.15) is 0 Å². The zero-order valence-electron chi connectivity index (χ0n) is 21.7. The molecule has 0 bridgehead atoms. The van der Waals surface area contributed by atoms with Crippen LogP contribution in [0.2, 0.25) is 0 Å². The lowest BCUT2D eigenvalue weighted by atomic mass is 9.93. The number of carbonyl (C=O) groups excluding carboxylic acids is 1. The predicted molar refractivity (Wildman–Crippen MR) is 142 cm³/mol. The molecule has 1 heterocycles. The van der Waals surface area contributed by atoms with Crippen LogP contribution in [0.3, 0.4) is 0 Å². The van der Waals surface area contributed by atoms with Gasteiger partial charge in [0, 0.05) is 29.7 Å². The Morgan fingerprint density at radius 1 is 1.05 bits per heavy atom. The first-order chi connectivity index (χ1) is 18.1. The van der Waals surface area contributed by atoms with Crippen molar-refractivity contribution in [1.29, 1.82) is 0 Å². The zero-order valence-corrected chi connectivity index (χ0v) is 21.7. The minimum absolute atomic E-state index is 0.135. The van der Waals surface area contributed by atoms with Gasteiger partial charge >= 0.3 is 0 Å². The summed E-state index contributed by atoms with van der Waals surface area (Å²) in [5.74, 6) is -3.44. The number of amides is 1. The fourth-order valence-electron chi connectivity index (χ4n) is 4.97. The average molecular weight is 518 g/mol. The second kappa shape index (κ2) is 9.59. The molecule has 1 aliphatic carbocycles. The fraction of sp³-hybridized carbons (Fsp3) is 0.267. The standard InChI is InChI=1S/C30H29F2N3O3/c1-17-7-5-8-18(2)26(17)24-15-20(11-14-25(24)38-4)28-33-19(3)27(35(28)37)29(36)34-23-10-6-9-22(16-23)30(31,32)21-12-13-21/h5-11,14-16,21,33H,12-13H2,1-4H3,(H,34,36). The molecule has 0 unspecified atom stereocenters. The second-order valence-corrected chi connectivity index (χ2v) is 9.86. The van der Waals surface area contributed by atoms with E-state index in [2.05, 4.69) is 10.3 Å². The first-order valence-electron chi connectivity index (χ1n) is 12.5. The van der Waals surface area contributed by atoms with Crippen LogP contribution in [-0.4, -0.2) is 18.0 Å². The number of ether oxygens (including phenoxy) is 1. The van der Waals surface area contributed by atoms with E-state index in [-0.39, 0.29) is 22.8 Å². The highest BCUT2D eigenvalue weighted by Gasteiger charge is 2.48. The maximum Gasteiger partial charge on any atom is 0.300 e. The minimum Gasteiger partial charge on any atom is -0.710 e. The summed E-state index contributed by atoms with van der Waals surface area (Å²) in [4.78, 5) is 16.2. The molecule has 1 aliphatic rings. The van der Waals surface area contributed by atoms with Gasteiger partial charge in [0.05, 0.1) is 12.7 Å². The van der Waals surface area contributed by atoms with Gasteiger partial charge in [-0.05, 0) is 73.7 Å². The lowest BCUT2D eigenvalue weighted by Gasteiger charge is -2.17. The number of aromatic nitrogens is 2. The second-order valence-electron chi connectivity index (χ2n) is 9.86. The molecule has 1 amide bonds. The van der Waals surface area contributed by atoms with Crippen molar-refractivity contribution in [3.8, 4) is 28.3 Å². The minimum atomic E-state index is -2.95. The Kier molecular flexibility index (Phi) is 6.42. The number of H-pyrrole nitrogens is 1. The van der Waals surface area contributed by atoms with Crippen LogP contribution in [0, 0.1) is 31.9 Å². The molecule has 2 N–H and O–H groups in total. The van der Waals surface area contributed by atoms with Gasteiger partial charge in [0.1, 0.15) is 5.75 Å². The van der Waals surface area contributed by atoms with Crippen LogP contribution in [0.1, 0.15) is 45.7 Å². The first-order valence-corrected chi connectivity index (χ1v) is 12.5. The van der Waals surface area contributed by atoms with Crippen molar-refractivity contribution in [2.45, 2.75) is 39.5 Å². The third-order valence-electron chi connectivity index (χ3n) is 7.10. The van der Waals surface area contributed by atoms with Crippen molar-refractivity contribution in [3.63, 3.8) is 0 Å². The number of methoxy groups -OCH3 is 1. The molecule has 5 rings (SSSR count). The summed E-state index contributed by atoms with van der Waals surface area (Å²) in [5.41, 5.74) is 4.82. The van der Waals surface area contributed by atoms with E-state index in [4.69, 9.17) is 4.74 Å². The number of aromatic amines is 1. The van der Waals surface area contributed by atoms with E-state index in [1.165, 1.54) is 24.3 Å². The normalized spacial score (nSPS) is 13.4. The van der Waals surface area contributed by atoms with Crippen LogP contribution in [0.5, 0.6) is 5.75 Å². The number of aryl methyl sites for hydroxylation is 3. The SMILES string of the molecule is COc1ccc(-c2[nH]c(C)c(C(=O)Nc3cccc(C(F)(F)C4CC4)c3)[n+]2[O-])cc1-c1c(C)cccc1C. The van der Waals surface area contributed by atoms with E-state index >= 15 is 0 Å². The number of halogens is 2. The van der Waals surface area contributed by atoms with E-state index in [9.17, 15) is 18.8 Å². The summed E-state index contributed by atoms with van der Waals surface area (Å²) < 4.78 is 35.3. The van der Waals surface area contributed by atoms with Gasteiger partial charge in [0.2, 0.25) is 5.69 Å². The van der Waals surface area contributed by atoms with Gasteiger partial charge < -0.3 is 15.3 Å². The number of carbonyl (C=O) groups is 1. The highest BCUT2D eigenvalue weighted by molar-refractivity contribution is 6.02. The third kappa shape index (κ3) is 4.51. The molecule has 0 radical (unpaired) electrons. The van der Waals surface area contributed by atoms with Crippen molar-refractivity contribution >= 4 is 11.6 Å². The molecule has 8 heteroatoms. The van der Waals surface area contributed by atoms with Crippen molar-refractivity contribution in [2.75, 3.05) is 12.4 Å². The molecule has 3 aromatic carbocycles. The van der Waals surface area contributed by atoms with E-state index < -0.39 is 17.7 Å². The summed E-state index contributed by atoms with van der Waals surface area (Å²) >= 11 is 0. The van der Waals surface area contributed by atoms with Gasteiger partial charge in [-0.15, -0.1) is 0 Å². The molecule has 0 atom stereocenters. The molecular weight excluding hydrogens is 488 g/mol. The molecule has 0 aliphatic heterocycles. The molecule has 4 aromatic rings. The molecule has 1 saturated carbocycles. The van der Waals surface area contributed by atoms with Crippen LogP contribution in [0.15, 0.2) is 60.7 Å². The van der Waals surface area contributed by atoms with Gasteiger partial charge in [-0.25, -0.2) is 18.5 Å². The number of nitrogens with zero attached hydrogens (tertiary/aromatic N) is 1. The summed E-state index contributed by atoms with van der Waals surface area (Å²) in [5, 5.41) is 16.0. The molecule has 196 valence electrons. The zero-order chi connectivity index (χ0) is 27.2. The van der Waals surface area contributed by atoms with E-state index in [1.807, 2.05) is 38.1 Å². The number of hydrogen-bond acceptors (Lipinski definition) is 3. The molecule has 1 aromatic heterocycles. The van der Waals surface area contributed by atoms with E-state index in [0.29, 0.717) is 34.6 Å². The summed E-state index contributed by atoms with van der Waals surface area (Å²) in [6.45, 7) is 5.65. The highest BCUT2D eigenvalue weighted by Crippen LogP contribution is 2.50. The molecule has 0 spiro atoms. The van der Waals surface area contributed by atoms with Crippen LogP contribution in [0.25, 0.3) is 22.5 Å². The molecule has 6 nitrogen and oxygen atoms in total. The molecular formula is C30H29F2N3O3. The van der Waals surface area contributed by atoms with Gasteiger partial charge in [-0.1, -0.05) is 30.3 Å². The monoisotopic (exact) mass is 517 g/mol. The third-order valence-corrected chi connectivity index (χ3v) is 7.10. The molecule has 38 heavy (non-hydrogen) atoms. The van der Waals surface area contributed by atoms with Crippen molar-refractivity contribution in [3.05, 3.63) is 93.9 Å². The first kappa shape index (κ1) is 25.4. The maximum atomic E-state index is 14.6. The van der Waals surface area contributed by atoms with E-state index in [1.54, 1.807) is 26.2 Å². The van der Waals surface area contributed by atoms with Crippen molar-refractivity contribution in [1.82, 2.24) is 4.98 Å². The number of nitrogens with one attached hydrogen (secondary N) is 2. The van der Waals surface area contributed by atoms with Gasteiger partial charge in [0.25, 0.3) is 17.7 Å². The molecule has 1 fully saturated rings. The Balaban J connectivity index is 1.48. The number of benzene rings is 3. The Morgan fingerprint density at radius 2 is 1.74 bits per heavy atom. The topological polar surface area (TPSA) is 81.1 Å². The van der Waals surface area contributed by atoms with E-state index in [0.717, 1.165) is 22.3 Å². The summed E-state index contributed by atoms with van der Waals surface area (Å²) in [7, 11) is 1.59. The lowest BCUT2D eigenvalue weighted by Crippen LogP contribution is -2.36. The van der Waals surface area contributed by atoms with Crippen LogP contribution >= 0.6 is 0 Å². The number of hydrogen-bond donors (Lipinski definition) is 2. The number of imidazole rings is 1. The number of anilines is 1. The van der Waals surface area contributed by atoms with Crippen LogP contribution in [0.4, 0.5) is 14.5 Å². The highest BCUT2D eigenvalue weighted by atomic mass is 19.3. The summed E-state index contributed by atoms with van der Waals surface area (Å²) in [6.07, 6.45) is 0.975. The summed E-state index contributed by atoms with van der Waals surface area (Å²) in [6, 6.07) is 17.1. The Morgan fingerprint density at radius 3 is 2.39 bits per heavy atom. The van der Waals surface area contributed by atoms with Crippen LogP contribution < -0.4 is 14.8 Å². The van der Waals surface area contributed by atoms with Crippen molar-refractivity contribution in [2.24, 2.45) is 5.92 Å². The maximum absolute atomic E-state index is 14.6. The van der Waals surface area contributed by atoms with Crippen molar-refractivity contribution < 1.29 is 23.0 Å². The largest absolute Gasteiger partial charge is 0.710 e. The van der Waals surface area contributed by atoms with Gasteiger partial charge in [0.15, 0.2) is 5.69 Å². The smallest absolute Gasteiger partial charge is 0.300 e. The average Bonchev–Trinajstić information content (AvgIpc) is 3.70. The fourth-order valence-corrected chi connectivity index (χ4v) is 4.97.